The number of rotatable bonds is 7. The van der Waals surface area contributed by atoms with Gasteiger partial charge >= 0.3 is 0 Å². The Labute approximate surface area is 215 Å². The minimum absolute atomic E-state index is 0.0194. The Morgan fingerprint density at radius 2 is 1.47 bits per heavy atom. The third-order valence-corrected chi connectivity index (χ3v) is 9.05. The first-order chi connectivity index (χ1) is 17.2. The largest absolute Gasteiger partial charge is 0.497 e. The maximum absolute atomic E-state index is 12.9. The van der Waals surface area contributed by atoms with Gasteiger partial charge in [0.1, 0.15) is 5.75 Å². The fraction of sp³-hybridized carbons (Fsp3) is 0.227. The van der Waals surface area contributed by atoms with Gasteiger partial charge in [-0.05, 0) is 66.8 Å². The molecule has 36 heavy (non-hydrogen) atoms. The first-order valence-corrected chi connectivity index (χ1v) is 14.1. The highest BCUT2D eigenvalue weighted by molar-refractivity contribution is 7.92. The molecule has 11 nitrogen and oxygen atoms in total. The van der Waals surface area contributed by atoms with E-state index in [1.807, 2.05) is 4.90 Å². The molecule has 1 aliphatic rings. The number of piperazine rings is 1. The van der Waals surface area contributed by atoms with Crippen molar-refractivity contribution in [2.75, 3.05) is 43.3 Å². The average Bonchev–Trinajstić information content (AvgIpc) is 2.89. The SMILES string of the molecule is COc1ccc(S(=O)(=O)N2CCN(C(=S)Nc3ccc(S(=O)(=O)Nc4ncccn4)cc3)CC2)cc1. The van der Waals surface area contributed by atoms with Crippen molar-refractivity contribution in [3.05, 3.63) is 67.0 Å². The monoisotopic (exact) mass is 548 g/mol. The molecule has 0 saturated carbocycles. The molecule has 0 spiro atoms. The van der Waals surface area contributed by atoms with Gasteiger partial charge in [-0.3, -0.25) is 0 Å². The van der Waals surface area contributed by atoms with Crippen molar-refractivity contribution in [3.8, 4) is 5.75 Å². The summed E-state index contributed by atoms with van der Waals surface area (Å²) in [6, 6.07) is 13.9. The van der Waals surface area contributed by atoms with Crippen LogP contribution in [0.5, 0.6) is 5.75 Å². The van der Waals surface area contributed by atoms with Gasteiger partial charge in [0.25, 0.3) is 10.0 Å². The molecule has 0 atom stereocenters. The first kappa shape index (κ1) is 25.8. The maximum Gasteiger partial charge on any atom is 0.264 e. The van der Waals surface area contributed by atoms with Crippen LogP contribution in [0, 0.1) is 0 Å². The van der Waals surface area contributed by atoms with Gasteiger partial charge in [0, 0.05) is 44.3 Å². The second-order valence-electron chi connectivity index (χ2n) is 7.70. The number of anilines is 2. The number of ether oxygens (including phenoxy) is 1. The Balaban J connectivity index is 1.33. The van der Waals surface area contributed by atoms with E-state index in [0.717, 1.165) is 0 Å². The number of nitrogens with zero attached hydrogens (tertiary/aromatic N) is 4. The van der Waals surface area contributed by atoms with Crippen LogP contribution in [0.1, 0.15) is 0 Å². The lowest BCUT2D eigenvalue weighted by molar-refractivity contribution is 0.268. The number of benzene rings is 2. The maximum atomic E-state index is 12.9. The van der Waals surface area contributed by atoms with Crippen LogP contribution < -0.4 is 14.8 Å². The Kier molecular flexibility index (Phi) is 7.68. The molecule has 190 valence electrons. The van der Waals surface area contributed by atoms with Crippen LogP contribution >= 0.6 is 12.2 Å². The zero-order valence-corrected chi connectivity index (χ0v) is 21.7. The lowest BCUT2D eigenvalue weighted by Crippen LogP contribution is -2.51. The van der Waals surface area contributed by atoms with Crippen LogP contribution in [0.2, 0.25) is 0 Å². The molecule has 1 aromatic heterocycles. The molecular weight excluding hydrogens is 524 g/mol. The summed E-state index contributed by atoms with van der Waals surface area (Å²) in [5, 5.41) is 3.49. The molecule has 3 aromatic rings. The number of methoxy groups -OCH3 is 1. The summed E-state index contributed by atoms with van der Waals surface area (Å²) in [6.07, 6.45) is 2.88. The van der Waals surface area contributed by atoms with Crippen molar-refractivity contribution in [1.29, 1.82) is 0 Å². The van der Waals surface area contributed by atoms with Gasteiger partial charge in [0.15, 0.2) is 5.11 Å². The molecule has 1 fully saturated rings. The minimum Gasteiger partial charge on any atom is -0.497 e. The molecule has 14 heteroatoms. The van der Waals surface area contributed by atoms with Crippen molar-refractivity contribution in [1.82, 2.24) is 19.2 Å². The highest BCUT2D eigenvalue weighted by Crippen LogP contribution is 2.21. The zero-order valence-electron chi connectivity index (χ0n) is 19.2. The lowest BCUT2D eigenvalue weighted by atomic mass is 10.3. The minimum atomic E-state index is -3.84. The van der Waals surface area contributed by atoms with E-state index in [2.05, 4.69) is 20.0 Å². The standard InChI is InChI=1S/C22H24N6O5S3/c1-33-18-5-9-20(10-6-18)36(31,32)28-15-13-27(14-16-28)22(34)25-17-3-7-19(8-4-17)35(29,30)26-21-23-11-2-12-24-21/h2-12H,13-16H2,1H3,(H,25,34)(H,23,24,26). The van der Waals surface area contributed by atoms with E-state index in [1.165, 1.54) is 48.1 Å². The molecule has 1 aliphatic heterocycles. The summed E-state index contributed by atoms with van der Waals surface area (Å²) < 4.78 is 59.8. The highest BCUT2D eigenvalue weighted by atomic mass is 32.2. The molecule has 4 rings (SSSR count). The Hall–Kier alpha value is -3.33. The third-order valence-electron chi connectivity index (χ3n) is 5.43. The van der Waals surface area contributed by atoms with Crippen LogP contribution in [0.15, 0.2) is 76.8 Å². The number of aromatic nitrogens is 2. The molecule has 2 aromatic carbocycles. The number of nitrogens with one attached hydrogen (secondary N) is 2. The smallest absolute Gasteiger partial charge is 0.264 e. The van der Waals surface area contributed by atoms with Crippen LogP contribution in [0.25, 0.3) is 0 Å². The van der Waals surface area contributed by atoms with Crippen molar-refractivity contribution in [3.63, 3.8) is 0 Å². The van der Waals surface area contributed by atoms with E-state index in [-0.39, 0.29) is 28.8 Å². The first-order valence-electron chi connectivity index (χ1n) is 10.8. The van der Waals surface area contributed by atoms with Crippen LogP contribution in [-0.4, -0.2) is 74.4 Å². The van der Waals surface area contributed by atoms with Gasteiger partial charge in [-0.1, -0.05) is 0 Å². The van der Waals surface area contributed by atoms with E-state index in [4.69, 9.17) is 17.0 Å². The molecule has 1 saturated heterocycles. The number of sulfonamides is 2. The molecule has 2 N–H and O–H groups in total. The molecular formula is C22H24N6O5S3. The van der Waals surface area contributed by atoms with E-state index >= 15 is 0 Å². The van der Waals surface area contributed by atoms with E-state index in [9.17, 15) is 16.8 Å². The summed E-state index contributed by atoms with van der Waals surface area (Å²) in [5.41, 5.74) is 0.600. The van der Waals surface area contributed by atoms with Crippen molar-refractivity contribution < 1.29 is 21.6 Å². The molecule has 0 radical (unpaired) electrons. The zero-order chi connectivity index (χ0) is 25.8. The van der Waals surface area contributed by atoms with Crippen molar-refractivity contribution >= 4 is 49.0 Å². The lowest BCUT2D eigenvalue weighted by Gasteiger charge is -2.35. The Morgan fingerprint density at radius 1 is 0.889 bits per heavy atom. The van der Waals surface area contributed by atoms with Crippen LogP contribution in [-0.2, 0) is 20.0 Å². The van der Waals surface area contributed by atoms with Crippen molar-refractivity contribution in [2.24, 2.45) is 0 Å². The molecule has 0 bridgehead atoms. The van der Waals surface area contributed by atoms with Gasteiger partial charge in [-0.15, -0.1) is 0 Å². The van der Waals surface area contributed by atoms with Gasteiger partial charge < -0.3 is 15.0 Å². The quantitative estimate of drug-likeness (QED) is 0.422. The van der Waals surface area contributed by atoms with Gasteiger partial charge in [-0.25, -0.2) is 31.5 Å². The van der Waals surface area contributed by atoms with Crippen LogP contribution in [0.4, 0.5) is 11.6 Å². The van der Waals surface area contributed by atoms with Crippen LogP contribution in [0.3, 0.4) is 0 Å². The van der Waals surface area contributed by atoms with Gasteiger partial charge in [-0.2, -0.15) is 4.31 Å². The summed E-state index contributed by atoms with van der Waals surface area (Å²) in [5.74, 6) is 0.566. The van der Waals surface area contributed by atoms with E-state index < -0.39 is 20.0 Å². The average molecular weight is 549 g/mol. The Morgan fingerprint density at radius 3 is 2.06 bits per heavy atom. The number of hydrogen-bond donors (Lipinski definition) is 2. The molecule has 0 unspecified atom stereocenters. The predicted octanol–water partition coefficient (Wildman–Crippen LogP) is 1.99. The number of hydrogen-bond acceptors (Lipinski definition) is 8. The fourth-order valence-electron chi connectivity index (χ4n) is 3.48. The normalized spacial score (nSPS) is 14.8. The summed E-state index contributed by atoms with van der Waals surface area (Å²) in [4.78, 5) is 9.84. The third kappa shape index (κ3) is 5.90. The second kappa shape index (κ2) is 10.7. The molecule has 0 amide bonds. The second-order valence-corrected chi connectivity index (χ2v) is 11.7. The summed E-state index contributed by atoms with van der Waals surface area (Å²) in [7, 11) is -5.94. The molecule has 2 heterocycles. The molecule has 0 aliphatic carbocycles. The topological polar surface area (TPSA) is 134 Å². The van der Waals surface area contributed by atoms with Gasteiger partial charge in [0.2, 0.25) is 16.0 Å². The highest BCUT2D eigenvalue weighted by Gasteiger charge is 2.29. The van der Waals surface area contributed by atoms with Crippen molar-refractivity contribution in [2.45, 2.75) is 9.79 Å². The van der Waals surface area contributed by atoms with E-state index in [0.29, 0.717) is 29.6 Å². The van der Waals surface area contributed by atoms with E-state index in [1.54, 1.807) is 30.3 Å². The Bertz CT molecular complexity index is 1410. The summed E-state index contributed by atoms with van der Waals surface area (Å²) >= 11 is 5.49. The van der Waals surface area contributed by atoms with Gasteiger partial charge in [0.05, 0.1) is 16.9 Å². The summed E-state index contributed by atoms with van der Waals surface area (Å²) in [6.45, 7) is 1.38. The number of thiocarbonyl (C=S) groups is 1. The predicted molar refractivity (Wildman–Crippen MR) is 139 cm³/mol. The fourth-order valence-corrected chi connectivity index (χ4v) is 6.16.